The summed E-state index contributed by atoms with van der Waals surface area (Å²) in [4.78, 5) is 26.7. The van der Waals surface area contributed by atoms with Gasteiger partial charge in [0.2, 0.25) is 5.78 Å². The standard InChI is InChI=1S/C18H15NO5S/c1-2-23-15-8-11(5-6-12(15)20)9-16-18(22)19-17(25-16)10-13(21)14-4-3-7-24-14/h3-10,20H,2H2,1H3,(H,19,22)/b16-9+,17-10-. The lowest BCUT2D eigenvalue weighted by atomic mass is 10.2. The van der Waals surface area contributed by atoms with Crippen molar-refractivity contribution < 1.29 is 19.1 Å². The number of benzene rings is 1. The normalized spacial score (nSPS) is 12.5. The Bertz CT molecular complexity index is 1060. The molecule has 2 aromatic heterocycles. The van der Waals surface area contributed by atoms with Crippen LogP contribution >= 0.6 is 11.3 Å². The number of hydrogen-bond acceptors (Lipinski definition) is 6. The van der Waals surface area contributed by atoms with Crippen molar-refractivity contribution in [2.45, 2.75) is 6.92 Å². The van der Waals surface area contributed by atoms with Gasteiger partial charge in [0.1, 0.15) is 0 Å². The molecule has 0 aliphatic carbocycles. The third-order valence-corrected chi connectivity index (χ3v) is 4.25. The highest BCUT2D eigenvalue weighted by atomic mass is 32.1. The molecule has 2 N–H and O–H groups in total. The molecule has 0 atom stereocenters. The van der Waals surface area contributed by atoms with E-state index in [1.54, 1.807) is 30.3 Å². The molecule has 7 heteroatoms. The maximum Gasteiger partial charge on any atom is 0.266 e. The molecule has 0 saturated heterocycles. The topological polar surface area (TPSA) is 92.5 Å². The number of aromatic amines is 1. The fourth-order valence-corrected chi connectivity index (χ4v) is 3.06. The second-order valence-electron chi connectivity index (χ2n) is 5.08. The number of Topliss-reactive ketones (excluding diaryl/α,β-unsaturated/α-hetero) is 1. The smallest absolute Gasteiger partial charge is 0.266 e. The molecular weight excluding hydrogens is 342 g/mol. The van der Waals surface area contributed by atoms with Crippen LogP contribution in [0.1, 0.15) is 23.0 Å². The molecule has 0 saturated carbocycles. The largest absolute Gasteiger partial charge is 0.504 e. The lowest BCUT2D eigenvalue weighted by molar-refractivity contribution is 0.103. The SMILES string of the molecule is CCOc1cc(/C=c2/s/c(=C\C(=O)c3ccco3)[nH]c2=O)ccc1O. The number of hydrogen-bond donors (Lipinski definition) is 2. The molecule has 128 valence electrons. The zero-order valence-corrected chi connectivity index (χ0v) is 14.1. The Morgan fingerprint density at radius 1 is 1.40 bits per heavy atom. The third-order valence-electron chi connectivity index (χ3n) is 3.29. The zero-order chi connectivity index (χ0) is 17.8. The van der Waals surface area contributed by atoms with Crippen LogP contribution in [-0.2, 0) is 0 Å². The number of ketones is 1. The van der Waals surface area contributed by atoms with Crippen molar-refractivity contribution in [3.05, 3.63) is 67.5 Å². The third kappa shape index (κ3) is 3.89. The molecule has 1 aromatic carbocycles. The number of nitrogens with one attached hydrogen (secondary N) is 1. The van der Waals surface area contributed by atoms with Gasteiger partial charge in [-0.1, -0.05) is 6.07 Å². The number of carbonyl (C=O) groups excluding carboxylic acids is 1. The molecule has 6 nitrogen and oxygen atoms in total. The van der Waals surface area contributed by atoms with E-state index in [-0.39, 0.29) is 22.9 Å². The highest BCUT2D eigenvalue weighted by Gasteiger charge is 2.06. The molecule has 25 heavy (non-hydrogen) atoms. The van der Waals surface area contributed by atoms with Gasteiger partial charge in [0, 0.05) is 6.08 Å². The Hall–Kier alpha value is -3.06. The van der Waals surface area contributed by atoms with Gasteiger partial charge in [0.25, 0.3) is 5.56 Å². The first-order valence-electron chi connectivity index (χ1n) is 7.53. The minimum atomic E-state index is -0.322. The van der Waals surface area contributed by atoms with Crippen molar-refractivity contribution >= 4 is 29.3 Å². The second-order valence-corrected chi connectivity index (χ2v) is 6.16. The first-order valence-corrected chi connectivity index (χ1v) is 8.34. The van der Waals surface area contributed by atoms with Gasteiger partial charge < -0.3 is 19.2 Å². The van der Waals surface area contributed by atoms with E-state index < -0.39 is 0 Å². The molecule has 0 aliphatic rings. The number of phenols is 1. The maximum absolute atomic E-state index is 12.1. The van der Waals surface area contributed by atoms with Gasteiger partial charge in [-0.15, -0.1) is 11.3 Å². The summed E-state index contributed by atoms with van der Waals surface area (Å²) in [7, 11) is 0. The van der Waals surface area contributed by atoms with Crippen molar-refractivity contribution in [1.29, 1.82) is 0 Å². The molecule has 0 aliphatic heterocycles. The minimum absolute atomic E-state index is 0.0390. The van der Waals surface area contributed by atoms with Crippen LogP contribution in [0, 0.1) is 0 Å². The summed E-state index contributed by atoms with van der Waals surface area (Å²) >= 11 is 1.16. The van der Waals surface area contributed by atoms with E-state index in [0.717, 1.165) is 11.3 Å². The van der Waals surface area contributed by atoms with Crippen molar-refractivity contribution in [1.82, 2.24) is 4.98 Å². The number of aromatic hydroxyl groups is 1. The van der Waals surface area contributed by atoms with E-state index in [9.17, 15) is 14.7 Å². The second kappa shape index (κ2) is 7.23. The lowest BCUT2D eigenvalue weighted by Crippen LogP contribution is -2.20. The molecule has 3 rings (SSSR count). The summed E-state index contributed by atoms with van der Waals surface area (Å²) in [5, 5.41) is 9.72. The molecule has 0 spiro atoms. The van der Waals surface area contributed by atoms with Crippen LogP contribution in [0.4, 0.5) is 0 Å². The number of aromatic nitrogens is 1. The van der Waals surface area contributed by atoms with E-state index >= 15 is 0 Å². The number of ether oxygens (including phenoxy) is 1. The number of furan rings is 1. The fraction of sp³-hybridized carbons (Fsp3) is 0.111. The molecule has 2 heterocycles. The van der Waals surface area contributed by atoms with Crippen molar-refractivity contribution in [2.24, 2.45) is 0 Å². The van der Waals surface area contributed by atoms with Gasteiger partial charge >= 0.3 is 0 Å². The zero-order valence-electron chi connectivity index (χ0n) is 13.3. The highest BCUT2D eigenvalue weighted by Crippen LogP contribution is 2.26. The van der Waals surface area contributed by atoms with Crippen LogP contribution < -0.4 is 19.5 Å². The molecule has 0 unspecified atom stereocenters. The van der Waals surface area contributed by atoms with Crippen molar-refractivity contribution in [3.63, 3.8) is 0 Å². The molecule has 0 fully saturated rings. The number of carbonyl (C=O) groups is 1. The Morgan fingerprint density at radius 2 is 2.24 bits per heavy atom. The minimum Gasteiger partial charge on any atom is -0.504 e. The van der Waals surface area contributed by atoms with Gasteiger partial charge in [-0.2, -0.15) is 0 Å². The monoisotopic (exact) mass is 357 g/mol. The summed E-state index contributed by atoms with van der Waals surface area (Å²) in [6.45, 7) is 2.24. The summed E-state index contributed by atoms with van der Waals surface area (Å²) in [5.41, 5.74) is 0.409. The van der Waals surface area contributed by atoms with Crippen molar-refractivity contribution in [2.75, 3.05) is 6.61 Å². The van der Waals surface area contributed by atoms with Gasteiger partial charge in [0.15, 0.2) is 17.3 Å². The van der Waals surface area contributed by atoms with E-state index in [1.807, 2.05) is 6.92 Å². The van der Waals surface area contributed by atoms with Gasteiger partial charge in [-0.3, -0.25) is 9.59 Å². The Kier molecular flexibility index (Phi) is 4.85. The molecule has 0 bridgehead atoms. The van der Waals surface area contributed by atoms with E-state index in [1.165, 1.54) is 18.4 Å². The summed E-state index contributed by atoms with van der Waals surface area (Å²) < 4.78 is 11.2. The Balaban J connectivity index is 1.98. The molecule has 3 aromatic rings. The van der Waals surface area contributed by atoms with E-state index in [0.29, 0.717) is 27.1 Å². The first-order chi connectivity index (χ1) is 12.1. The van der Waals surface area contributed by atoms with Crippen LogP contribution in [0.15, 0.2) is 45.8 Å². The number of H-pyrrole nitrogens is 1. The predicted octanol–water partition coefficient (Wildman–Crippen LogP) is 1.63. The highest BCUT2D eigenvalue weighted by molar-refractivity contribution is 7.07. The van der Waals surface area contributed by atoms with E-state index in [2.05, 4.69) is 4.98 Å². The summed E-state index contributed by atoms with van der Waals surface area (Å²) in [5.74, 6) is 0.276. The maximum atomic E-state index is 12.1. The van der Waals surface area contributed by atoms with Crippen molar-refractivity contribution in [3.8, 4) is 11.5 Å². The lowest BCUT2D eigenvalue weighted by Gasteiger charge is -2.05. The molecule has 0 radical (unpaired) electrons. The first kappa shape index (κ1) is 16.8. The summed E-state index contributed by atoms with van der Waals surface area (Å²) in [6, 6.07) is 8.01. The molecule has 0 amide bonds. The molecular formula is C18H15NO5S. The predicted molar refractivity (Wildman–Crippen MR) is 94.5 cm³/mol. The van der Waals surface area contributed by atoms with Crippen LogP contribution in [0.3, 0.4) is 0 Å². The number of thiazole rings is 1. The number of rotatable bonds is 5. The van der Waals surface area contributed by atoms with Gasteiger partial charge in [-0.05, 0) is 42.8 Å². The van der Waals surface area contributed by atoms with E-state index in [4.69, 9.17) is 9.15 Å². The summed E-state index contributed by atoms with van der Waals surface area (Å²) in [6.07, 6.45) is 4.41. The quantitative estimate of drug-likeness (QED) is 0.677. The van der Waals surface area contributed by atoms with Crippen LogP contribution in [-0.4, -0.2) is 22.5 Å². The number of phenolic OH excluding ortho intramolecular Hbond substituents is 1. The average molecular weight is 357 g/mol. The van der Waals surface area contributed by atoms with Crippen LogP contribution in [0.5, 0.6) is 11.5 Å². The van der Waals surface area contributed by atoms with Crippen LogP contribution in [0.2, 0.25) is 0 Å². The van der Waals surface area contributed by atoms with Crippen LogP contribution in [0.25, 0.3) is 12.2 Å². The average Bonchev–Trinajstić information content (AvgIpc) is 3.22. The van der Waals surface area contributed by atoms with Gasteiger partial charge in [-0.25, -0.2) is 0 Å². The fourth-order valence-electron chi connectivity index (χ4n) is 2.18. The Labute approximate surface area is 146 Å². The Morgan fingerprint density at radius 3 is 2.96 bits per heavy atom. The van der Waals surface area contributed by atoms with Gasteiger partial charge in [0.05, 0.1) is 22.1 Å².